The van der Waals surface area contributed by atoms with Crippen LogP contribution in [-0.4, -0.2) is 36.0 Å². The number of hydrogen-bond acceptors (Lipinski definition) is 3. The highest BCUT2D eigenvalue weighted by molar-refractivity contribution is 5.79. The highest BCUT2D eigenvalue weighted by Crippen LogP contribution is 2.29. The van der Waals surface area contributed by atoms with E-state index < -0.39 is 0 Å². The third kappa shape index (κ3) is 3.69. The molecule has 4 nitrogen and oxygen atoms in total. The summed E-state index contributed by atoms with van der Waals surface area (Å²) in [6.07, 6.45) is 4.85. The smallest absolute Gasteiger partial charge is 0.225 e. The third-order valence-corrected chi connectivity index (χ3v) is 5.27. The van der Waals surface area contributed by atoms with Crippen LogP contribution in [0.3, 0.4) is 0 Å². The number of carbonyl (C=O) groups is 1. The molecule has 3 rings (SSSR count). The lowest BCUT2D eigenvalue weighted by Crippen LogP contribution is -2.44. The summed E-state index contributed by atoms with van der Waals surface area (Å²) in [5.41, 5.74) is 8.31. The van der Waals surface area contributed by atoms with Crippen molar-refractivity contribution in [3.8, 4) is 5.75 Å². The summed E-state index contributed by atoms with van der Waals surface area (Å²) in [5, 5.41) is 0. The molecule has 0 aromatic heterocycles. The molecule has 2 N–H and O–H groups in total. The highest BCUT2D eigenvalue weighted by atomic mass is 16.5. The molecule has 23 heavy (non-hydrogen) atoms. The van der Waals surface area contributed by atoms with Crippen molar-refractivity contribution >= 4 is 5.91 Å². The zero-order chi connectivity index (χ0) is 16.4. The number of likely N-dealkylation sites (tertiary alicyclic amines) is 1. The number of carbonyl (C=O) groups excluding carboxylic acids is 1. The molecule has 126 valence electrons. The van der Waals surface area contributed by atoms with Crippen molar-refractivity contribution in [2.24, 2.45) is 11.7 Å². The first-order chi connectivity index (χ1) is 11.0. The maximum absolute atomic E-state index is 12.5. The van der Waals surface area contributed by atoms with Gasteiger partial charge >= 0.3 is 0 Å². The number of amides is 1. The van der Waals surface area contributed by atoms with Crippen LogP contribution in [0.2, 0.25) is 0 Å². The topological polar surface area (TPSA) is 55.6 Å². The average Bonchev–Trinajstić information content (AvgIpc) is 2.97. The number of piperidine rings is 1. The van der Waals surface area contributed by atoms with Crippen LogP contribution in [0.1, 0.15) is 43.2 Å². The van der Waals surface area contributed by atoms with Crippen LogP contribution in [-0.2, 0) is 4.79 Å². The van der Waals surface area contributed by atoms with Gasteiger partial charge in [0.05, 0.1) is 0 Å². The molecule has 0 radical (unpaired) electrons. The van der Waals surface area contributed by atoms with Gasteiger partial charge in [-0.3, -0.25) is 4.79 Å². The minimum absolute atomic E-state index is 0.154. The predicted molar refractivity (Wildman–Crippen MR) is 91.5 cm³/mol. The molecule has 1 aromatic rings. The Bertz CT molecular complexity index is 544. The minimum atomic E-state index is 0.154. The molecule has 1 amide bonds. The van der Waals surface area contributed by atoms with E-state index >= 15 is 0 Å². The third-order valence-electron chi connectivity index (χ3n) is 5.27. The Labute approximate surface area is 139 Å². The van der Waals surface area contributed by atoms with Crippen molar-refractivity contribution in [2.45, 2.75) is 58.1 Å². The molecule has 2 atom stereocenters. The summed E-state index contributed by atoms with van der Waals surface area (Å²) in [5.74, 6) is 1.48. The largest absolute Gasteiger partial charge is 0.490 e. The van der Waals surface area contributed by atoms with E-state index in [1.165, 1.54) is 11.1 Å². The van der Waals surface area contributed by atoms with Gasteiger partial charge in [-0.15, -0.1) is 0 Å². The molecule has 2 aliphatic rings. The maximum atomic E-state index is 12.5. The Morgan fingerprint density at radius 1 is 1.13 bits per heavy atom. The Hall–Kier alpha value is -1.55. The number of rotatable bonds is 3. The standard InChI is InChI=1S/C19H28N2O2/c1-13-4-3-5-14(2)18(13)23-17-8-10-21(11-9-17)19(22)15-6-7-16(20)12-15/h3-5,15-17H,6-12,20H2,1-2H3/t15-,16+/m0/s1. The van der Waals surface area contributed by atoms with E-state index in [1.54, 1.807) is 0 Å². The molecule has 0 spiro atoms. The lowest BCUT2D eigenvalue weighted by Gasteiger charge is -2.34. The van der Waals surface area contributed by atoms with Gasteiger partial charge in [-0.2, -0.15) is 0 Å². The molecule has 1 heterocycles. The fourth-order valence-corrected chi connectivity index (χ4v) is 3.84. The zero-order valence-corrected chi connectivity index (χ0v) is 14.3. The van der Waals surface area contributed by atoms with E-state index in [1.807, 2.05) is 4.90 Å². The van der Waals surface area contributed by atoms with Gasteiger partial charge in [-0.1, -0.05) is 18.2 Å². The highest BCUT2D eigenvalue weighted by Gasteiger charge is 2.33. The van der Waals surface area contributed by atoms with Gasteiger partial charge in [-0.05, 0) is 44.2 Å². The van der Waals surface area contributed by atoms with Crippen LogP contribution in [0.25, 0.3) is 0 Å². The zero-order valence-electron chi connectivity index (χ0n) is 14.3. The summed E-state index contributed by atoms with van der Waals surface area (Å²) >= 11 is 0. The van der Waals surface area contributed by atoms with Gasteiger partial charge in [0.15, 0.2) is 0 Å². The molecular weight excluding hydrogens is 288 g/mol. The first kappa shape index (κ1) is 16.3. The molecule has 2 fully saturated rings. The Morgan fingerprint density at radius 3 is 2.35 bits per heavy atom. The first-order valence-corrected chi connectivity index (χ1v) is 8.82. The maximum Gasteiger partial charge on any atom is 0.225 e. The van der Waals surface area contributed by atoms with Gasteiger partial charge in [-0.25, -0.2) is 0 Å². The monoisotopic (exact) mass is 316 g/mol. The molecule has 1 saturated heterocycles. The number of para-hydroxylation sites is 1. The van der Waals surface area contributed by atoms with Crippen molar-refractivity contribution in [3.63, 3.8) is 0 Å². The molecule has 0 bridgehead atoms. The Balaban J connectivity index is 1.53. The van der Waals surface area contributed by atoms with Gasteiger partial charge in [0.2, 0.25) is 5.91 Å². The SMILES string of the molecule is Cc1cccc(C)c1OC1CCN(C(=O)[C@H]2CC[C@@H](N)C2)CC1. The molecule has 1 saturated carbocycles. The second-order valence-corrected chi connectivity index (χ2v) is 7.13. The summed E-state index contributed by atoms with van der Waals surface area (Å²) in [6, 6.07) is 6.45. The number of nitrogens with two attached hydrogens (primary N) is 1. The number of hydrogen-bond donors (Lipinski definition) is 1. The molecule has 1 aromatic carbocycles. The lowest BCUT2D eigenvalue weighted by molar-refractivity contribution is -0.137. The Kier molecular flexibility index (Phi) is 4.90. The lowest BCUT2D eigenvalue weighted by atomic mass is 10.0. The number of benzene rings is 1. The molecule has 0 unspecified atom stereocenters. The van der Waals surface area contributed by atoms with Crippen LogP contribution in [0.4, 0.5) is 0 Å². The number of nitrogens with zero attached hydrogens (tertiary/aromatic N) is 1. The van der Waals surface area contributed by atoms with Gasteiger partial charge < -0.3 is 15.4 Å². The van der Waals surface area contributed by atoms with Crippen molar-refractivity contribution in [3.05, 3.63) is 29.3 Å². The van der Waals surface area contributed by atoms with E-state index in [0.29, 0.717) is 5.91 Å². The average molecular weight is 316 g/mol. The van der Waals surface area contributed by atoms with E-state index in [9.17, 15) is 4.79 Å². The number of ether oxygens (including phenoxy) is 1. The molecule has 4 heteroatoms. The van der Waals surface area contributed by atoms with Gasteiger partial charge in [0, 0.05) is 37.9 Å². The van der Waals surface area contributed by atoms with Crippen LogP contribution in [0.15, 0.2) is 18.2 Å². The fraction of sp³-hybridized carbons (Fsp3) is 0.632. The van der Waals surface area contributed by atoms with Crippen LogP contribution in [0, 0.1) is 19.8 Å². The van der Waals surface area contributed by atoms with Crippen molar-refractivity contribution in [1.82, 2.24) is 4.90 Å². The summed E-state index contributed by atoms with van der Waals surface area (Å²) in [6.45, 7) is 5.79. The molecule has 1 aliphatic heterocycles. The van der Waals surface area contributed by atoms with E-state index in [2.05, 4.69) is 32.0 Å². The van der Waals surface area contributed by atoms with Crippen molar-refractivity contribution in [2.75, 3.05) is 13.1 Å². The second kappa shape index (κ2) is 6.91. The quantitative estimate of drug-likeness (QED) is 0.933. The molecule has 1 aliphatic carbocycles. The Morgan fingerprint density at radius 2 is 1.78 bits per heavy atom. The fourth-order valence-electron chi connectivity index (χ4n) is 3.84. The van der Waals surface area contributed by atoms with Crippen molar-refractivity contribution in [1.29, 1.82) is 0 Å². The summed E-state index contributed by atoms with van der Waals surface area (Å²) in [4.78, 5) is 14.6. The van der Waals surface area contributed by atoms with Gasteiger partial charge in [0.1, 0.15) is 11.9 Å². The molecular formula is C19H28N2O2. The second-order valence-electron chi connectivity index (χ2n) is 7.13. The first-order valence-electron chi connectivity index (χ1n) is 8.82. The number of aryl methyl sites for hydroxylation is 2. The van der Waals surface area contributed by atoms with E-state index in [-0.39, 0.29) is 18.1 Å². The van der Waals surface area contributed by atoms with E-state index in [0.717, 1.165) is 50.9 Å². The predicted octanol–water partition coefficient (Wildman–Crippen LogP) is 2.80. The van der Waals surface area contributed by atoms with Crippen LogP contribution in [0.5, 0.6) is 5.75 Å². The van der Waals surface area contributed by atoms with Crippen LogP contribution >= 0.6 is 0 Å². The van der Waals surface area contributed by atoms with Crippen LogP contribution < -0.4 is 10.5 Å². The summed E-state index contributed by atoms with van der Waals surface area (Å²) < 4.78 is 6.23. The normalized spacial score (nSPS) is 25.6. The van der Waals surface area contributed by atoms with Gasteiger partial charge in [0.25, 0.3) is 0 Å². The minimum Gasteiger partial charge on any atom is -0.490 e. The van der Waals surface area contributed by atoms with E-state index in [4.69, 9.17) is 10.5 Å². The summed E-state index contributed by atoms with van der Waals surface area (Å²) in [7, 11) is 0. The van der Waals surface area contributed by atoms with Crippen molar-refractivity contribution < 1.29 is 9.53 Å².